The molecule has 88 valence electrons. The molecule has 1 aromatic rings. The molecule has 0 amide bonds. The molecular weight excluding hydrogens is 287 g/mol. The first-order valence-corrected chi connectivity index (χ1v) is 6.89. The number of benzene rings is 1. The summed E-state index contributed by atoms with van der Waals surface area (Å²) in [5.74, 6) is 1.48. The fourth-order valence-corrected chi connectivity index (χ4v) is 2.63. The highest BCUT2D eigenvalue weighted by molar-refractivity contribution is 9.10. The lowest BCUT2D eigenvalue weighted by molar-refractivity contribution is 0.122. The van der Waals surface area contributed by atoms with Crippen molar-refractivity contribution in [3.63, 3.8) is 0 Å². The van der Waals surface area contributed by atoms with Gasteiger partial charge in [-0.1, -0.05) is 29.8 Å². The molecule has 0 atom stereocenters. The Labute approximate surface area is 110 Å². The molecule has 0 saturated heterocycles. The first-order valence-electron chi connectivity index (χ1n) is 5.66. The van der Waals surface area contributed by atoms with Crippen LogP contribution < -0.4 is 4.74 Å². The lowest BCUT2D eigenvalue weighted by Crippen LogP contribution is -2.34. The van der Waals surface area contributed by atoms with Crippen LogP contribution in [0.1, 0.15) is 38.2 Å². The zero-order valence-corrected chi connectivity index (χ0v) is 11.9. The highest BCUT2D eigenvalue weighted by atomic mass is 79.9. The van der Waals surface area contributed by atoms with E-state index < -0.39 is 0 Å². The number of hydrogen-bond donors (Lipinski definition) is 0. The maximum Gasteiger partial charge on any atom is 0.123 e. The van der Waals surface area contributed by atoms with Crippen molar-refractivity contribution in [2.24, 2.45) is 0 Å². The van der Waals surface area contributed by atoms with Crippen molar-refractivity contribution in [3.05, 3.63) is 28.2 Å². The molecule has 0 N–H and O–H groups in total. The van der Waals surface area contributed by atoms with Gasteiger partial charge in [0.1, 0.15) is 11.9 Å². The molecule has 2 rings (SSSR count). The number of alkyl halides is 1. The van der Waals surface area contributed by atoms with E-state index in [4.69, 9.17) is 16.3 Å². The van der Waals surface area contributed by atoms with Gasteiger partial charge < -0.3 is 4.74 Å². The molecule has 0 heterocycles. The third-order valence-corrected chi connectivity index (χ3v) is 3.77. The quantitative estimate of drug-likeness (QED) is 0.734. The average Bonchev–Trinajstić information content (AvgIpc) is 2.17. The third kappa shape index (κ3) is 2.72. The summed E-state index contributed by atoms with van der Waals surface area (Å²) in [6.07, 6.45) is 2.24. The minimum absolute atomic E-state index is 0.307. The Balaban J connectivity index is 2.13. The highest BCUT2D eigenvalue weighted by Gasteiger charge is 2.29. The fraction of sp³-hybridized carbons (Fsp3) is 0.538. The van der Waals surface area contributed by atoms with Gasteiger partial charge in [-0.05, 0) is 29.7 Å². The normalized spacial score (nSPS) is 24.3. The van der Waals surface area contributed by atoms with Gasteiger partial charge in [-0.2, -0.15) is 0 Å². The SMILES string of the molecule is CC(C)c1cc(Br)ccc1OC1CC(Cl)C1. The maximum absolute atomic E-state index is 5.96. The van der Waals surface area contributed by atoms with Crippen molar-refractivity contribution in [1.82, 2.24) is 0 Å². The molecule has 0 unspecified atom stereocenters. The van der Waals surface area contributed by atoms with Gasteiger partial charge in [-0.3, -0.25) is 0 Å². The molecule has 1 aromatic carbocycles. The van der Waals surface area contributed by atoms with Crippen LogP contribution in [0.4, 0.5) is 0 Å². The molecule has 1 nitrogen and oxygen atoms in total. The summed E-state index contributed by atoms with van der Waals surface area (Å²) in [5, 5.41) is 0.308. The van der Waals surface area contributed by atoms with E-state index >= 15 is 0 Å². The Morgan fingerprint density at radius 2 is 2.06 bits per heavy atom. The van der Waals surface area contributed by atoms with Crippen LogP contribution >= 0.6 is 27.5 Å². The molecule has 0 spiro atoms. The molecular formula is C13H16BrClO. The molecule has 0 radical (unpaired) electrons. The summed E-state index contributed by atoms with van der Waals surface area (Å²) in [6.45, 7) is 4.36. The minimum atomic E-state index is 0.307. The Hall–Kier alpha value is -0.210. The predicted octanol–water partition coefficient (Wildman–Crippen LogP) is 4.72. The van der Waals surface area contributed by atoms with Crippen molar-refractivity contribution in [1.29, 1.82) is 0 Å². The van der Waals surface area contributed by atoms with Gasteiger partial charge in [0.15, 0.2) is 0 Å². The zero-order chi connectivity index (χ0) is 11.7. The molecule has 16 heavy (non-hydrogen) atoms. The molecule has 1 aliphatic carbocycles. The molecule has 1 saturated carbocycles. The lowest BCUT2D eigenvalue weighted by Gasteiger charge is -2.32. The van der Waals surface area contributed by atoms with E-state index in [0.717, 1.165) is 23.1 Å². The summed E-state index contributed by atoms with van der Waals surface area (Å²) in [6, 6.07) is 6.20. The summed E-state index contributed by atoms with van der Waals surface area (Å²) >= 11 is 9.44. The van der Waals surface area contributed by atoms with Crippen molar-refractivity contribution >= 4 is 27.5 Å². The lowest BCUT2D eigenvalue weighted by atomic mass is 9.95. The van der Waals surface area contributed by atoms with E-state index in [-0.39, 0.29) is 0 Å². The topological polar surface area (TPSA) is 9.23 Å². The Kier molecular flexibility index (Phi) is 3.81. The van der Waals surface area contributed by atoms with Crippen LogP contribution in [0.25, 0.3) is 0 Å². The van der Waals surface area contributed by atoms with Gasteiger partial charge in [-0.25, -0.2) is 0 Å². The first-order chi connectivity index (χ1) is 7.56. The molecule has 1 aliphatic rings. The van der Waals surface area contributed by atoms with Crippen LogP contribution in [0.2, 0.25) is 0 Å². The Morgan fingerprint density at radius 1 is 1.38 bits per heavy atom. The summed E-state index contributed by atoms with van der Waals surface area (Å²) in [4.78, 5) is 0. The van der Waals surface area contributed by atoms with Gasteiger partial charge in [0, 0.05) is 22.7 Å². The van der Waals surface area contributed by atoms with Crippen LogP contribution in [0.5, 0.6) is 5.75 Å². The van der Waals surface area contributed by atoms with Gasteiger partial charge >= 0.3 is 0 Å². The summed E-state index contributed by atoms with van der Waals surface area (Å²) in [7, 11) is 0. The fourth-order valence-electron chi connectivity index (χ4n) is 1.86. The Bertz CT molecular complexity index is 372. The van der Waals surface area contributed by atoms with E-state index in [0.29, 0.717) is 17.4 Å². The standard InChI is InChI=1S/C13H16BrClO/c1-8(2)12-5-9(14)3-4-13(12)16-11-6-10(15)7-11/h3-5,8,10-11H,6-7H2,1-2H3. The monoisotopic (exact) mass is 302 g/mol. The van der Waals surface area contributed by atoms with E-state index in [2.05, 4.69) is 35.8 Å². The second kappa shape index (κ2) is 4.97. The van der Waals surface area contributed by atoms with E-state index in [1.807, 2.05) is 12.1 Å². The van der Waals surface area contributed by atoms with Gasteiger partial charge in [0.25, 0.3) is 0 Å². The van der Waals surface area contributed by atoms with E-state index in [1.54, 1.807) is 0 Å². The molecule has 0 bridgehead atoms. The number of rotatable bonds is 3. The van der Waals surface area contributed by atoms with Gasteiger partial charge in [-0.15, -0.1) is 11.6 Å². The van der Waals surface area contributed by atoms with Crippen LogP contribution in [-0.2, 0) is 0 Å². The second-order valence-electron chi connectivity index (χ2n) is 4.65. The zero-order valence-electron chi connectivity index (χ0n) is 9.54. The summed E-state index contributed by atoms with van der Waals surface area (Å²) < 4.78 is 7.07. The predicted molar refractivity (Wildman–Crippen MR) is 71.5 cm³/mol. The van der Waals surface area contributed by atoms with Crippen LogP contribution in [-0.4, -0.2) is 11.5 Å². The number of hydrogen-bond acceptors (Lipinski definition) is 1. The molecule has 3 heteroatoms. The first kappa shape index (κ1) is 12.3. The van der Waals surface area contributed by atoms with Crippen molar-refractivity contribution in [3.8, 4) is 5.75 Å². The van der Waals surface area contributed by atoms with Gasteiger partial charge in [0.05, 0.1) is 0 Å². The summed E-state index contributed by atoms with van der Waals surface area (Å²) in [5.41, 5.74) is 1.26. The van der Waals surface area contributed by atoms with Crippen molar-refractivity contribution in [2.45, 2.75) is 44.1 Å². The molecule has 0 aromatic heterocycles. The van der Waals surface area contributed by atoms with Crippen molar-refractivity contribution in [2.75, 3.05) is 0 Å². The second-order valence-corrected chi connectivity index (χ2v) is 6.18. The van der Waals surface area contributed by atoms with Crippen LogP contribution in [0, 0.1) is 0 Å². The van der Waals surface area contributed by atoms with Gasteiger partial charge in [0.2, 0.25) is 0 Å². The van der Waals surface area contributed by atoms with Crippen LogP contribution in [0.15, 0.2) is 22.7 Å². The van der Waals surface area contributed by atoms with E-state index in [9.17, 15) is 0 Å². The van der Waals surface area contributed by atoms with E-state index in [1.165, 1.54) is 5.56 Å². The minimum Gasteiger partial charge on any atom is -0.490 e. The van der Waals surface area contributed by atoms with Crippen LogP contribution in [0.3, 0.4) is 0 Å². The average molecular weight is 304 g/mol. The Morgan fingerprint density at radius 3 is 2.62 bits per heavy atom. The maximum atomic E-state index is 5.96. The number of ether oxygens (including phenoxy) is 1. The molecule has 0 aliphatic heterocycles. The highest BCUT2D eigenvalue weighted by Crippen LogP contribution is 2.34. The third-order valence-electron chi connectivity index (χ3n) is 2.92. The molecule has 1 fully saturated rings. The smallest absolute Gasteiger partial charge is 0.123 e. The number of halogens is 2. The largest absolute Gasteiger partial charge is 0.490 e. The van der Waals surface area contributed by atoms with Crippen molar-refractivity contribution < 1.29 is 4.74 Å².